The lowest BCUT2D eigenvalue weighted by Gasteiger charge is -2.27. The first-order valence-corrected chi connectivity index (χ1v) is 10.3. The molecule has 0 aromatic heterocycles. The number of hydrogen-bond acceptors (Lipinski definition) is 6. The molecule has 0 saturated heterocycles. The van der Waals surface area contributed by atoms with E-state index < -0.39 is 28.8 Å². The molecule has 0 aliphatic rings. The second kappa shape index (κ2) is 10.8. The van der Waals surface area contributed by atoms with Crippen LogP contribution >= 0.6 is 0 Å². The molecule has 2 aromatic carbocycles. The number of aryl methyl sites for hydroxylation is 1. The number of rotatable bonds is 9. The molecule has 0 fully saturated rings. The maximum atomic E-state index is 12.3. The van der Waals surface area contributed by atoms with Crippen LogP contribution in [0.1, 0.15) is 50.8 Å². The highest BCUT2D eigenvalue weighted by atomic mass is 16.6. The minimum absolute atomic E-state index is 0.0124. The van der Waals surface area contributed by atoms with Crippen molar-refractivity contribution in [1.29, 1.82) is 0 Å². The molecule has 1 amide bonds. The summed E-state index contributed by atoms with van der Waals surface area (Å²) in [5.41, 5.74) is 1.41. The summed E-state index contributed by atoms with van der Waals surface area (Å²) >= 11 is 0. The molecule has 0 spiro atoms. The van der Waals surface area contributed by atoms with Crippen LogP contribution in [0, 0.1) is 17.0 Å². The summed E-state index contributed by atoms with van der Waals surface area (Å²) in [6.45, 7) is 7.62. The minimum Gasteiger partial charge on any atom is -0.444 e. The van der Waals surface area contributed by atoms with Gasteiger partial charge in [-0.3, -0.25) is 10.1 Å². The molecular formula is C23H31N3O5. The number of nitro groups is 1. The minimum atomic E-state index is -0.915. The zero-order valence-corrected chi connectivity index (χ0v) is 18.4. The number of carbonyl (C=O) groups is 1. The van der Waals surface area contributed by atoms with Crippen molar-refractivity contribution in [2.75, 3.05) is 11.9 Å². The molecule has 168 valence electrons. The number of anilines is 1. The predicted octanol–water partition coefficient (Wildman–Crippen LogP) is 4.72. The van der Waals surface area contributed by atoms with E-state index in [-0.39, 0.29) is 5.69 Å². The molecule has 2 rings (SSSR count). The third-order valence-corrected chi connectivity index (χ3v) is 4.58. The van der Waals surface area contributed by atoms with Crippen molar-refractivity contribution in [3.05, 3.63) is 69.8 Å². The van der Waals surface area contributed by atoms with Crippen LogP contribution < -0.4 is 10.6 Å². The van der Waals surface area contributed by atoms with Gasteiger partial charge in [0.1, 0.15) is 11.3 Å². The monoisotopic (exact) mass is 429 g/mol. The second-order valence-corrected chi connectivity index (χ2v) is 8.45. The van der Waals surface area contributed by atoms with E-state index in [0.29, 0.717) is 30.6 Å². The summed E-state index contributed by atoms with van der Waals surface area (Å²) in [5.74, 6) is 0. The van der Waals surface area contributed by atoms with Crippen molar-refractivity contribution in [3.63, 3.8) is 0 Å². The highest BCUT2D eigenvalue weighted by Gasteiger charge is 2.25. The van der Waals surface area contributed by atoms with E-state index in [1.54, 1.807) is 45.0 Å². The van der Waals surface area contributed by atoms with Crippen LogP contribution in [-0.2, 0) is 4.74 Å². The van der Waals surface area contributed by atoms with Crippen molar-refractivity contribution in [3.8, 4) is 0 Å². The van der Waals surface area contributed by atoms with Gasteiger partial charge in [-0.25, -0.2) is 4.79 Å². The third kappa shape index (κ3) is 7.90. The van der Waals surface area contributed by atoms with Crippen LogP contribution in [0.25, 0.3) is 0 Å². The number of carbonyl (C=O) groups excluding carboxylic acids is 1. The molecule has 31 heavy (non-hydrogen) atoms. The largest absolute Gasteiger partial charge is 0.444 e. The first kappa shape index (κ1) is 24.1. The Hall–Kier alpha value is -3.13. The van der Waals surface area contributed by atoms with Gasteiger partial charge in [0.05, 0.1) is 17.1 Å². The fourth-order valence-corrected chi connectivity index (χ4v) is 3.15. The quantitative estimate of drug-likeness (QED) is 0.302. The fourth-order valence-electron chi connectivity index (χ4n) is 3.15. The van der Waals surface area contributed by atoms with Gasteiger partial charge < -0.3 is 20.5 Å². The van der Waals surface area contributed by atoms with Gasteiger partial charge in [-0.1, -0.05) is 36.4 Å². The molecule has 2 unspecified atom stereocenters. The summed E-state index contributed by atoms with van der Waals surface area (Å²) in [4.78, 5) is 23.1. The van der Waals surface area contributed by atoms with E-state index in [0.717, 1.165) is 5.56 Å². The van der Waals surface area contributed by atoms with Gasteiger partial charge in [0.25, 0.3) is 5.69 Å². The molecule has 0 heterocycles. The first-order chi connectivity index (χ1) is 14.6. The zero-order chi connectivity index (χ0) is 23.0. The molecule has 8 heteroatoms. The molecule has 2 aromatic rings. The number of ether oxygens (including phenoxy) is 1. The van der Waals surface area contributed by atoms with Crippen molar-refractivity contribution in [2.24, 2.45) is 0 Å². The second-order valence-electron chi connectivity index (χ2n) is 8.45. The molecule has 0 saturated carbocycles. The predicted molar refractivity (Wildman–Crippen MR) is 120 cm³/mol. The summed E-state index contributed by atoms with van der Waals surface area (Å²) in [7, 11) is 0. The Morgan fingerprint density at radius 1 is 1.19 bits per heavy atom. The van der Waals surface area contributed by atoms with Crippen LogP contribution in [0.3, 0.4) is 0 Å². The summed E-state index contributed by atoms with van der Waals surface area (Å²) in [6.07, 6.45) is -0.506. The van der Waals surface area contributed by atoms with E-state index in [4.69, 9.17) is 4.74 Å². The number of nitrogens with one attached hydrogen (secondary N) is 2. The van der Waals surface area contributed by atoms with Crippen molar-refractivity contribution in [2.45, 2.75) is 58.3 Å². The Kier molecular flexibility index (Phi) is 8.38. The molecule has 0 bridgehead atoms. The number of nitrogens with zero attached hydrogens (tertiary/aromatic N) is 1. The number of nitro benzene ring substituents is 1. The zero-order valence-electron chi connectivity index (χ0n) is 18.4. The molecule has 0 radical (unpaired) electrons. The van der Waals surface area contributed by atoms with Gasteiger partial charge in [-0.2, -0.15) is 0 Å². The number of aliphatic hydroxyl groups is 1. The molecular weight excluding hydrogens is 398 g/mol. The number of amides is 1. The maximum Gasteiger partial charge on any atom is 0.407 e. The summed E-state index contributed by atoms with van der Waals surface area (Å²) in [6, 6.07) is 13.4. The van der Waals surface area contributed by atoms with Crippen LogP contribution in [0.2, 0.25) is 0 Å². The summed E-state index contributed by atoms with van der Waals surface area (Å²) < 4.78 is 5.33. The topological polar surface area (TPSA) is 114 Å². The van der Waals surface area contributed by atoms with E-state index in [1.165, 1.54) is 6.07 Å². The number of hydrogen-bond donors (Lipinski definition) is 3. The Morgan fingerprint density at radius 3 is 2.48 bits per heavy atom. The average Bonchev–Trinajstić information content (AvgIpc) is 2.68. The van der Waals surface area contributed by atoms with Gasteiger partial charge in [-0.05, 0) is 57.7 Å². The lowest BCUT2D eigenvalue weighted by atomic mass is 9.98. The highest BCUT2D eigenvalue weighted by Crippen LogP contribution is 2.26. The number of alkyl carbamates (subject to hydrolysis) is 1. The standard InChI is InChI=1S/C23H31N3O5/c1-16-12-13-20(26(29)30)19(15-16)24-14-8-11-18(25-22(28)31-23(2,3)4)21(27)17-9-6-5-7-10-17/h5-7,9-10,12-13,15,18,21,24,27H,8,11,14H2,1-4H3,(H,25,28). The smallest absolute Gasteiger partial charge is 0.407 e. The Morgan fingerprint density at radius 2 is 1.87 bits per heavy atom. The van der Waals surface area contributed by atoms with E-state index in [9.17, 15) is 20.0 Å². The fraction of sp³-hybridized carbons (Fsp3) is 0.435. The molecule has 8 nitrogen and oxygen atoms in total. The van der Waals surface area contributed by atoms with Crippen LogP contribution in [0.4, 0.5) is 16.2 Å². The van der Waals surface area contributed by atoms with Crippen molar-refractivity contribution in [1.82, 2.24) is 5.32 Å². The van der Waals surface area contributed by atoms with Gasteiger partial charge in [-0.15, -0.1) is 0 Å². The maximum absolute atomic E-state index is 12.3. The number of aliphatic hydroxyl groups excluding tert-OH is 1. The van der Waals surface area contributed by atoms with Crippen LogP contribution in [0.5, 0.6) is 0 Å². The molecule has 0 aliphatic heterocycles. The first-order valence-electron chi connectivity index (χ1n) is 10.3. The van der Waals surface area contributed by atoms with Gasteiger partial charge in [0.2, 0.25) is 0 Å². The lowest BCUT2D eigenvalue weighted by molar-refractivity contribution is -0.384. The Balaban J connectivity index is 2.03. The molecule has 2 atom stereocenters. The van der Waals surface area contributed by atoms with E-state index >= 15 is 0 Å². The van der Waals surface area contributed by atoms with Gasteiger partial charge >= 0.3 is 6.09 Å². The SMILES string of the molecule is Cc1ccc([N+](=O)[O-])c(NCCCC(NC(=O)OC(C)(C)C)C(O)c2ccccc2)c1. The molecule has 0 aliphatic carbocycles. The average molecular weight is 430 g/mol. The third-order valence-electron chi connectivity index (χ3n) is 4.58. The Bertz CT molecular complexity index is 881. The van der Waals surface area contributed by atoms with Gasteiger partial charge in [0.15, 0.2) is 0 Å². The van der Waals surface area contributed by atoms with Crippen molar-refractivity contribution < 1.29 is 19.6 Å². The van der Waals surface area contributed by atoms with Crippen LogP contribution in [-0.4, -0.2) is 34.3 Å². The highest BCUT2D eigenvalue weighted by molar-refractivity contribution is 5.68. The van der Waals surface area contributed by atoms with E-state index in [1.807, 2.05) is 25.1 Å². The molecule has 3 N–H and O–H groups in total. The summed E-state index contributed by atoms with van der Waals surface area (Å²) in [5, 5.41) is 27.9. The lowest BCUT2D eigenvalue weighted by Crippen LogP contribution is -2.42. The normalized spacial score (nSPS) is 13.2. The van der Waals surface area contributed by atoms with Gasteiger partial charge in [0, 0.05) is 12.6 Å². The van der Waals surface area contributed by atoms with Crippen molar-refractivity contribution >= 4 is 17.5 Å². The van der Waals surface area contributed by atoms with Crippen LogP contribution in [0.15, 0.2) is 48.5 Å². The number of benzene rings is 2. The Labute approximate surface area is 182 Å². The van der Waals surface area contributed by atoms with E-state index in [2.05, 4.69) is 10.6 Å².